The lowest BCUT2D eigenvalue weighted by molar-refractivity contribution is 1.37. The van der Waals surface area contributed by atoms with Crippen molar-refractivity contribution in [3.63, 3.8) is 0 Å². The number of benzene rings is 1. The van der Waals surface area contributed by atoms with Crippen LogP contribution in [0.2, 0.25) is 0 Å². The third-order valence-electron chi connectivity index (χ3n) is 1.29. The van der Waals surface area contributed by atoms with Gasteiger partial charge in [-0.2, -0.15) is 0 Å². The van der Waals surface area contributed by atoms with E-state index in [0.717, 1.165) is 8.95 Å². The first kappa shape index (κ1) is 8.28. The predicted molar refractivity (Wildman–Crippen MR) is 50.9 cm³/mol. The van der Waals surface area contributed by atoms with Crippen molar-refractivity contribution in [2.24, 2.45) is 0 Å². The van der Waals surface area contributed by atoms with Crippen LogP contribution in [0.3, 0.4) is 0 Å². The van der Waals surface area contributed by atoms with Gasteiger partial charge in [-0.15, -0.1) is 0 Å². The van der Waals surface area contributed by atoms with E-state index in [9.17, 15) is 0 Å². The highest BCUT2D eigenvalue weighted by Gasteiger charge is 1.99. The molecule has 53 valence electrons. The fourth-order valence-corrected chi connectivity index (χ4v) is 2.24. The summed E-state index contributed by atoms with van der Waals surface area (Å²) >= 11 is 6.89. The average molecular weight is 263 g/mol. The molecule has 0 nitrogen and oxygen atoms in total. The van der Waals surface area contributed by atoms with Crippen LogP contribution < -0.4 is 0 Å². The minimum atomic E-state index is 1.13. The van der Waals surface area contributed by atoms with E-state index in [1.54, 1.807) is 0 Å². The monoisotopic (exact) mass is 261 g/mol. The molecule has 0 amide bonds. The largest absolute Gasteiger partial charge is 0.0600 e. The minimum absolute atomic E-state index is 1.13. The summed E-state index contributed by atoms with van der Waals surface area (Å²) in [6, 6.07) is 6.06. The van der Waals surface area contributed by atoms with Crippen molar-refractivity contribution in [1.82, 2.24) is 0 Å². The van der Waals surface area contributed by atoms with Crippen molar-refractivity contribution < 1.29 is 0 Å². The second-order valence-electron chi connectivity index (χ2n) is 1.92. The van der Waals surface area contributed by atoms with Crippen LogP contribution in [0.5, 0.6) is 0 Å². The van der Waals surface area contributed by atoms with Crippen molar-refractivity contribution in [1.29, 1.82) is 0 Å². The van der Waals surface area contributed by atoms with Gasteiger partial charge in [0.05, 0.1) is 0 Å². The third kappa shape index (κ3) is 1.61. The first-order valence-electron chi connectivity index (χ1n) is 2.99. The van der Waals surface area contributed by atoms with Crippen molar-refractivity contribution in [2.75, 3.05) is 0 Å². The summed E-state index contributed by atoms with van der Waals surface area (Å²) in [5.74, 6) is 0. The highest BCUT2D eigenvalue weighted by Crippen LogP contribution is 2.25. The van der Waals surface area contributed by atoms with Gasteiger partial charge in [-0.25, -0.2) is 0 Å². The Morgan fingerprint density at radius 3 is 2.00 bits per heavy atom. The molecule has 1 radical (unpaired) electrons. The van der Waals surface area contributed by atoms with E-state index in [-0.39, 0.29) is 0 Å². The Balaban J connectivity index is 3.17. The lowest BCUT2D eigenvalue weighted by Gasteiger charge is -2.01. The van der Waals surface area contributed by atoms with Crippen LogP contribution in [-0.2, 0) is 0 Å². The lowest BCUT2D eigenvalue weighted by atomic mass is 10.2. The molecule has 0 spiro atoms. The fraction of sp³-hybridized carbons (Fsp3) is 0.125. The summed E-state index contributed by atoms with van der Waals surface area (Å²) < 4.78 is 2.26. The summed E-state index contributed by atoms with van der Waals surface area (Å²) in [5, 5.41) is 0. The van der Waals surface area contributed by atoms with Crippen LogP contribution >= 0.6 is 31.9 Å². The van der Waals surface area contributed by atoms with E-state index in [1.165, 1.54) is 5.56 Å². The van der Waals surface area contributed by atoms with Gasteiger partial charge in [0.15, 0.2) is 0 Å². The average Bonchev–Trinajstić information content (AvgIpc) is 1.88. The predicted octanol–water partition coefficient (Wildman–Crippen LogP) is 3.78. The van der Waals surface area contributed by atoms with Gasteiger partial charge in [0.25, 0.3) is 0 Å². The number of halogens is 2. The highest BCUT2D eigenvalue weighted by molar-refractivity contribution is 9.11. The molecule has 2 heteroatoms. The zero-order valence-electron chi connectivity index (χ0n) is 5.57. The molecular formula is C8H7Br2. The molecule has 0 aliphatic carbocycles. The summed E-state index contributed by atoms with van der Waals surface area (Å²) in [6.45, 7) is 2.02. The molecule has 0 heterocycles. The Kier molecular flexibility index (Phi) is 2.93. The van der Waals surface area contributed by atoms with Gasteiger partial charge in [0.1, 0.15) is 0 Å². The highest BCUT2D eigenvalue weighted by atomic mass is 79.9. The molecule has 0 aliphatic rings. The summed E-state index contributed by atoms with van der Waals surface area (Å²) in [5.41, 5.74) is 1.21. The maximum atomic E-state index is 3.45. The molecule has 0 atom stereocenters. The molecule has 0 fully saturated rings. The second kappa shape index (κ2) is 3.54. The second-order valence-corrected chi connectivity index (χ2v) is 3.63. The van der Waals surface area contributed by atoms with E-state index in [4.69, 9.17) is 0 Å². The molecule has 1 aromatic rings. The molecular weight excluding hydrogens is 256 g/mol. The summed E-state index contributed by atoms with van der Waals surface area (Å²) in [6.07, 6.45) is 2.06. The molecule has 0 bridgehead atoms. The zero-order chi connectivity index (χ0) is 7.56. The SMILES string of the molecule is C[CH]c1c(Br)cccc1Br. The Morgan fingerprint density at radius 2 is 1.70 bits per heavy atom. The molecule has 10 heavy (non-hydrogen) atoms. The molecule has 0 unspecified atom stereocenters. The van der Waals surface area contributed by atoms with Crippen LogP contribution in [0.25, 0.3) is 0 Å². The van der Waals surface area contributed by atoms with Crippen molar-refractivity contribution >= 4 is 31.9 Å². The fourth-order valence-electron chi connectivity index (χ4n) is 0.786. The molecule has 0 N–H and O–H groups in total. The Hall–Kier alpha value is 0.180. The molecule has 1 rings (SSSR count). The van der Waals surface area contributed by atoms with Crippen LogP contribution in [0.15, 0.2) is 27.1 Å². The van der Waals surface area contributed by atoms with E-state index < -0.39 is 0 Å². The maximum absolute atomic E-state index is 3.45. The normalized spacial score (nSPS) is 9.90. The number of hydrogen-bond acceptors (Lipinski definition) is 0. The molecule has 0 saturated heterocycles. The number of hydrogen-bond donors (Lipinski definition) is 0. The van der Waals surface area contributed by atoms with Crippen LogP contribution in [0.4, 0.5) is 0 Å². The number of rotatable bonds is 1. The van der Waals surface area contributed by atoms with Crippen molar-refractivity contribution in [3.05, 3.63) is 39.1 Å². The van der Waals surface area contributed by atoms with Gasteiger partial charge in [0, 0.05) is 8.95 Å². The maximum Gasteiger partial charge on any atom is 0.0221 e. The molecule has 0 saturated carbocycles. The van der Waals surface area contributed by atoms with Crippen LogP contribution in [-0.4, -0.2) is 0 Å². The molecule has 0 aliphatic heterocycles. The minimum Gasteiger partial charge on any atom is -0.0600 e. The van der Waals surface area contributed by atoms with E-state index in [1.807, 2.05) is 25.1 Å². The van der Waals surface area contributed by atoms with Crippen LogP contribution in [0.1, 0.15) is 12.5 Å². The van der Waals surface area contributed by atoms with Gasteiger partial charge >= 0.3 is 0 Å². The first-order valence-corrected chi connectivity index (χ1v) is 4.57. The topological polar surface area (TPSA) is 0 Å². The van der Waals surface area contributed by atoms with Gasteiger partial charge in [-0.05, 0) is 24.1 Å². The Morgan fingerprint density at radius 1 is 1.20 bits per heavy atom. The van der Waals surface area contributed by atoms with E-state index >= 15 is 0 Å². The van der Waals surface area contributed by atoms with E-state index in [2.05, 4.69) is 38.3 Å². The van der Waals surface area contributed by atoms with Gasteiger partial charge < -0.3 is 0 Å². The molecule has 0 aromatic heterocycles. The molecule has 1 aromatic carbocycles. The van der Waals surface area contributed by atoms with Gasteiger partial charge in [-0.3, -0.25) is 0 Å². The van der Waals surface area contributed by atoms with Gasteiger partial charge in [-0.1, -0.05) is 44.8 Å². The summed E-state index contributed by atoms with van der Waals surface area (Å²) in [4.78, 5) is 0. The van der Waals surface area contributed by atoms with E-state index in [0.29, 0.717) is 0 Å². The quantitative estimate of drug-likeness (QED) is 0.723. The lowest BCUT2D eigenvalue weighted by Crippen LogP contribution is -1.80. The first-order chi connectivity index (χ1) is 4.75. The van der Waals surface area contributed by atoms with Crippen LogP contribution in [0, 0.1) is 6.42 Å². The standard InChI is InChI=1S/C8H7Br2/c1-2-6-7(9)4-3-5-8(6)10/h2-5H,1H3. The van der Waals surface area contributed by atoms with Crippen molar-refractivity contribution in [2.45, 2.75) is 6.92 Å². The Labute approximate surface area is 77.9 Å². The summed E-state index contributed by atoms with van der Waals surface area (Å²) in [7, 11) is 0. The third-order valence-corrected chi connectivity index (χ3v) is 2.67. The van der Waals surface area contributed by atoms with Crippen molar-refractivity contribution in [3.8, 4) is 0 Å². The zero-order valence-corrected chi connectivity index (χ0v) is 8.74. The van der Waals surface area contributed by atoms with Gasteiger partial charge in [0.2, 0.25) is 0 Å². The Bertz CT molecular complexity index is 210. The smallest absolute Gasteiger partial charge is 0.0221 e.